The molecule has 0 saturated carbocycles. The Morgan fingerprint density at radius 1 is 0.977 bits per heavy atom. The fourth-order valence-electron chi connectivity index (χ4n) is 6.37. The van der Waals surface area contributed by atoms with Crippen LogP contribution in [0.25, 0.3) is 0 Å². The van der Waals surface area contributed by atoms with Gasteiger partial charge in [-0.3, -0.25) is 19.8 Å². The van der Waals surface area contributed by atoms with Gasteiger partial charge in [-0.25, -0.2) is 4.39 Å². The van der Waals surface area contributed by atoms with Crippen molar-refractivity contribution in [2.75, 3.05) is 25.0 Å². The summed E-state index contributed by atoms with van der Waals surface area (Å²) in [6.45, 7) is 0.867. The van der Waals surface area contributed by atoms with E-state index < -0.39 is 29.1 Å². The second kappa shape index (κ2) is 12.7. The number of amides is 3. The second-order valence-electron chi connectivity index (χ2n) is 11.2. The molecule has 7 N–H and O–H groups in total. The van der Waals surface area contributed by atoms with Crippen LogP contribution in [0, 0.1) is 22.6 Å². The minimum atomic E-state index is -1.14. The molecular formula is C33H34FN7O3. The number of hydrogen-bond acceptors (Lipinski definition) is 6. The van der Waals surface area contributed by atoms with Crippen LogP contribution in [-0.2, 0) is 23.1 Å². The van der Waals surface area contributed by atoms with E-state index in [1.165, 1.54) is 12.1 Å². The van der Waals surface area contributed by atoms with Gasteiger partial charge in [-0.2, -0.15) is 5.26 Å². The van der Waals surface area contributed by atoms with Crippen LogP contribution in [0.5, 0.6) is 0 Å². The van der Waals surface area contributed by atoms with Crippen LogP contribution in [0.4, 0.5) is 10.1 Å². The summed E-state index contributed by atoms with van der Waals surface area (Å²) in [6.07, 6.45) is 2.77. The quantitative estimate of drug-likeness (QED) is 0.144. The van der Waals surface area contributed by atoms with Gasteiger partial charge in [0.1, 0.15) is 17.7 Å². The summed E-state index contributed by atoms with van der Waals surface area (Å²) in [6, 6.07) is 17.8. The minimum Gasteiger partial charge on any atom is -0.366 e. The minimum absolute atomic E-state index is 0.0218. The Balaban J connectivity index is 1.58. The number of rotatable bonds is 9. The largest absolute Gasteiger partial charge is 0.366 e. The Bertz CT molecular complexity index is 1600. The molecule has 0 aromatic heterocycles. The van der Waals surface area contributed by atoms with Gasteiger partial charge in [0.2, 0.25) is 17.7 Å². The first-order valence-electron chi connectivity index (χ1n) is 14.5. The molecule has 226 valence electrons. The maximum atomic E-state index is 13.7. The number of hydrogen-bond donors (Lipinski definition) is 5. The fourth-order valence-corrected chi connectivity index (χ4v) is 6.37. The Hall–Kier alpha value is -5.08. The topological polar surface area (TPSA) is 178 Å². The first kappa shape index (κ1) is 30.4. The number of likely N-dealkylation sites (tertiary alicyclic amines) is 1. The van der Waals surface area contributed by atoms with Gasteiger partial charge in [-0.15, -0.1) is 0 Å². The standard InChI is InChI=1S/C33H34FN7O3/c34-24-7-9-25(10-8-24)40-32(38)33(13-14-39-19-29(42)41-15-1-2-26(41)18-35)27-11-5-22(30(36)43)16-20(27)3-4-21-17-23(31(37)44)6-12-28(21)33/h5-12,16-17,26,39H,1-4,13-15,19H2,(H2,36,43)(H2,37,44)(H2,38,40). The lowest BCUT2D eigenvalue weighted by atomic mass is 9.68. The van der Waals surface area contributed by atoms with Gasteiger partial charge in [0.05, 0.1) is 18.0 Å². The van der Waals surface area contributed by atoms with E-state index in [9.17, 15) is 29.4 Å². The van der Waals surface area contributed by atoms with Gasteiger partial charge in [0.25, 0.3) is 0 Å². The third-order valence-electron chi connectivity index (χ3n) is 8.58. The predicted octanol–water partition coefficient (Wildman–Crippen LogP) is 2.99. The molecule has 1 aliphatic carbocycles. The second-order valence-corrected chi connectivity index (χ2v) is 11.2. The van der Waals surface area contributed by atoms with Crippen LogP contribution in [0.1, 0.15) is 62.2 Å². The van der Waals surface area contributed by atoms with Crippen molar-refractivity contribution in [1.82, 2.24) is 10.2 Å². The molecule has 3 amide bonds. The van der Waals surface area contributed by atoms with E-state index in [0.717, 1.165) is 28.7 Å². The molecule has 1 aliphatic heterocycles. The van der Waals surface area contributed by atoms with Crippen molar-refractivity contribution in [3.8, 4) is 6.07 Å². The summed E-state index contributed by atoms with van der Waals surface area (Å²) in [5.74, 6) is -1.64. The Kier molecular flexibility index (Phi) is 8.73. The van der Waals surface area contributed by atoms with Gasteiger partial charge in [-0.05, 0) is 109 Å². The van der Waals surface area contributed by atoms with Crippen LogP contribution in [-0.4, -0.2) is 54.1 Å². The number of anilines is 1. The lowest BCUT2D eigenvalue weighted by Crippen LogP contribution is -2.46. The van der Waals surface area contributed by atoms with E-state index in [0.29, 0.717) is 55.6 Å². The average molecular weight is 596 g/mol. The molecule has 1 heterocycles. The van der Waals surface area contributed by atoms with Gasteiger partial charge in [0.15, 0.2) is 0 Å². The third kappa shape index (κ3) is 5.89. The molecule has 1 unspecified atom stereocenters. The fraction of sp³-hybridized carbons (Fsp3) is 0.303. The van der Waals surface area contributed by atoms with Crippen molar-refractivity contribution in [3.05, 3.63) is 99.9 Å². The van der Waals surface area contributed by atoms with Gasteiger partial charge in [0, 0.05) is 23.4 Å². The maximum Gasteiger partial charge on any atom is 0.248 e. The average Bonchev–Trinajstić information content (AvgIpc) is 3.45. The first-order chi connectivity index (χ1) is 21.1. The van der Waals surface area contributed by atoms with Crippen molar-refractivity contribution in [3.63, 3.8) is 0 Å². The Labute approximate surface area is 254 Å². The van der Waals surface area contributed by atoms with Crippen molar-refractivity contribution in [2.24, 2.45) is 11.5 Å². The third-order valence-corrected chi connectivity index (χ3v) is 8.58. The number of amidine groups is 1. The molecular weight excluding hydrogens is 561 g/mol. The van der Waals surface area contributed by atoms with Crippen molar-refractivity contribution in [2.45, 2.75) is 43.6 Å². The number of nitrogens with two attached hydrogens (primary N) is 2. The summed E-state index contributed by atoms with van der Waals surface area (Å²) in [4.78, 5) is 38.8. The maximum absolute atomic E-state index is 13.7. The Morgan fingerprint density at radius 2 is 1.57 bits per heavy atom. The number of benzene rings is 3. The molecule has 1 saturated heterocycles. The lowest BCUT2D eigenvalue weighted by Gasteiger charge is -2.38. The van der Waals surface area contributed by atoms with E-state index in [2.05, 4.69) is 16.7 Å². The molecule has 0 radical (unpaired) electrons. The first-order valence-corrected chi connectivity index (χ1v) is 14.5. The summed E-state index contributed by atoms with van der Waals surface area (Å²) < 4.78 is 13.7. The highest BCUT2D eigenvalue weighted by Crippen LogP contribution is 2.44. The zero-order chi connectivity index (χ0) is 31.4. The number of aryl methyl sites for hydroxylation is 2. The number of nitrogens with zero attached hydrogens (tertiary/aromatic N) is 2. The highest BCUT2D eigenvalue weighted by atomic mass is 19.1. The molecule has 5 rings (SSSR count). The molecule has 10 nitrogen and oxygen atoms in total. The van der Waals surface area contributed by atoms with Crippen molar-refractivity contribution < 1.29 is 18.8 Å². The van der Waals surface area contributed by atoms with Gasteiger partial charge < -0.3 is 27.0 Å². The van der Waals surface area contributed by atoms with E-state index in [1.807, 2.05) is 0 Å². The molecule has 11 heteroatoms. The number of carbonyl (C=O) groups is 3. The zero-order valence-electron chi connectivity index (χ0n) is 24.2. The van der Waals surface area contributed by atoms with E-state index >= 15 is 0 Å². The monoisotopic (exact) mass is 595 g/mol. The number of nitriles is 1. The van der Waals surface area contributed by atoms with Crippen LogP contribution >= 0.6 is 0 Å². The van der Waals surface area contributed by atoms with E-state index in [1.54, 1.807) is 53.4 Å². The summed E-state index contributed by atoms with van der Waals surface area (Å²) in [5.41, 5.74) is 14.4. The van der Waals surface area contributed by atoms with Crippen LogP contribution in [0.3, 0.4) is 0 Å². The highest BCUT2D eigenvalue weighted by Gasteiger charge is 2.43. The number of primary amides is 2. The molecule has 44 heavy (non-hydrogen) atoms. The number of halogens is 1. The number of fused-ring (bicyclic) bond motifs is 2. The molecule has 2 aliphatic rings. The highest BCUT2D eigenvalue weighted by molar-refractivity contribution is 6.05. The lowest BCUT2D eigenvalue weighted by molar-refractivity contribution is -0.130. The molecule has 0 bridgehead atoms. The van der Waals surface area contributed by atoms with Crippen molar-refractivity contribution in [1.29, 1.82) is 10.7 Å². The van der Waals surface area contributed by atoms with Crippen molar-refractivity contribution >= 4 is 29.2 Å². The van der Waals surface area contributed by atoms with Gasteiger partial charge in [-0.1, -0.05) is 12.1 Å². The molecule has 3 aromatic carbocycles. The zero-order valence-corrected chi connectivity index (χ0v) is 24.2. The smallest absolute Gasteiger partial charge is 0.248 e. The van der Waals surface area contributed by atoms with Crippen LogP contribution < -0.4 is 22.1 Å². The molecule has 1 fully saturated rings. The van der Waals surface area contributed by atoms with E-state index in [4.69, 9.17) is 11.5 Å². The SMILES string of the molecule is N#CC1CCCN1C(=O)CNCCC1(C(=N)Nc2ccc(F)cc2)c2ccc(C(N)=O)cc2CCc2cc(C(N)=O)ccc21. The summed E-state index contributed by atoms with van der Waals surface area (Å²) >= 11 is 0. The van der Waals surface area contributed by atoms with Gasteiger partial charge >= 0.3 is 0 Å². The molecule has 3 aromatic rings. The van der Waals surface area contributed by atoms with Crippen LogP contribution in [0.2, 0.25) is 0 Å². The number of carbonyl (C=O) groups excluding carboxylic acids is 3. The predicted molar refractivity (Wildman–Crippen MR) is 164 cm³/mol. The molecule has 0 spiro atoms. The summed E-state index contributed by atoms with van der Waals surface area (Å²) in [7, 11) is 0. The van der Waals surface area contributed by atoms with E-state index in [-0.39, 0.29) is 18.3 Å². The normalized spacial score (nSPS) is 16.6. The summed E-state index contributed by atoms with van der Waals surface area (Å²) in [5, 5.41) is 25.3. The Morgan fingerprint density at radius 3 is 2.11 bits per heavy atom. The number of nitrogens with one attached hydrogen (secondary N) is 3. The van der Waals surface area contributed by atoms with Crippen LogP contribution in [0.15, 0.2) is 60.7 Å². The molecule has 1 atom stereocenters.